The van der Waals surface area contributed by atoms with E-state index in [2.05, 4.69) is 161 Å². The molecule has 0 aromatic heterocycles. The van der Waals surface area contributed by atoms with Gasteiger partial charge in [-0.2, -0.15) is 0 Å². The topological polar surface area (TPSA) is 6.48 Å². The highest BCUT2D eigenvalue weighted by atomic mass is 15.1. The van der Waals surface area contributed by atoms with Crippen LogP contribution in [0.1, 0.15) is 102 Å². The molecule has 0 saturated carbocycles. The molecule has 9 aromatic rings. The van der Waals surface area contributed by atoms with Crippen molar-refractivity contribution in [2.24, 2.45) is 0 Å². The van der Waals surface area contributed by atoms with Crippen LogP contribution in [0, 0.1) is 0 Å². The standard InChI is InChI=1S/C55H55BN2/c1-33(2)40-31-45(34(3)4)55(46(32-40)35(5)6)56(47-23-15-36-13-21-43-49(57-27-7-8-28-57)25-17-38-11-19-41(47)51(36)53(38)43)48-24-16-37-14-22-44-50(58-29-9-10-30-58)26-18-39-12-20-42(48)52(37)54(39)44/h11-26,31-35H,7-10,27-30H2,1-6H3. The van der Waals surface area contributed by atoms with Crippen molar-refractivity contribution in [2.45, 2.75) is 85.0 Å². The van der Waals surface area contributed by atoms with Gasteiger partial charge < -0.3 is 9.80 Å². The third-order valence-electron chi connectivity index (χ3n) is 14.3. The van der Waals surface area contributed by atoms with Crippen molar-refractivity contribution in [1.82, 2.24) is 0 Å². The minimum Gasteiger partial charge on any atom is -0.371 e. The number of hydrogen-bond acceptors (Lipinski definition) is 2. The van der Waals surface area contributed by atoms with E-state index in [1.807, 2.05) is 0 Å². The van der Waals surface area contributed by atoms with Crippen LogP contribution in [-0.2, 0) is 0 Å². The molecule has 2 aliphatic heterocycles. The van der Waals surface area contributed by atoms with Crippen molar-refractivity contribution in [2.75, 3.05) is 36.0 Å². The van der Waals surface area contributed by atoms with Crippen molar-refractivity contribution < 1.29 is 0 Å². The lowest BCUT2D eigenvalue weighted by molar-refractivity contribution is 0.812. The Hall–Kier alpha value is -5.28. The van der Waals surface area contributed by atoms with E-state index >= 15 is 0 Å². The van der Waals surface area contributed by atoms with Gasteiger partial charge in [0.2, 0.25) is 6.71 Å². The predicted molar refractivity (Wildman–Crippen MR) is 257 cm³/mol. The van der Waals surface area contributed by atoms with Crippen LogP contribution in [-0.4, -0.2) is 32.9 Å². The summed E-state index contributed by atoms with van der Waals surface area (Å²) in [6.45, 7) is 19.0. The van der Waals surface area contributed by atoms with Gasteiger partial charge in [0.1, 0.15) is 0 Å². The Morgan fingerprint density at radius 3 is 1.12 bits per heavy atom. The first kappa shape index (κ1) is 35.9. The summed E-state index contributed by atoms with van der Waals surface area (Å²) in [5.74, 6) is 1.21. The molecular weight excluding hydrogens is 699 g/mol. The molecule has 2 fully saturated rings. The van der Waals surface area contributed by atoms with E-state index in [1.54, 1.807) is 0 Å². The second-order valence-corrected chi connectivity index (χ2v) is 18.7. The van der Waals surface area contributed by atoms with Crippen LogP contribution in [0.25, 0.3) is 64.6 Å². The summed E-state index contributed by atoms with van der Waals surface area (Å²) in [5, 5.41) is 16.6. The molecule has 2 heterocycles. The highest BCUT2D eigenvalue weighted by Crippen LogP contribution is 2.42. The summed E-state index contributed by atoms with van der Waals surface area (Å²) in [6, 6.07) is 43.9. The van der Waals surface area contributed by atoms with E-state index in [-0.39, 0.29) is 6.71 Å². The van der Waals surface area contributed by atoms with Crippen molar-refractivity contribution in [3.05, 3.63) is 126 Å². The second kappa shape index (κ2) is 13.7. The maximum atomic E-state index is 2.62. The lowest BCUT2D eigenvalue weighted by atomic mass is 9.33. The van der Waals surface area contributed by atoms with Gasteiger partial charge >= 0.3 is 0 Å². The van der Waals surface area contributed by atoms with Gasteiger partial charge in [-0.15, -0.1) is 0 Å². The number of hydrogen-bond donors (Lipinski definition) is 0. The van der Waals surface area contributed by atoms with Crippen molar-refractivity contribution >= 4 is 99.1 Å². The van der Waals surface area contributed by atoms with Crippen molar-refractivity contribution in [3.8, 4) is 0 Å². The fraction of sp³-hybridized carbons (Fsp3) is 0.309. The summed E-state index contributed by atoms with van der Waals surface area (Å²) in [4.78, 5) is 5.24. The molecule has 0 unspecified atom stereocenters. The largest absolute Gasteiger partial charge is 0.371 e. The number of nitrogens with zero attached hydrogens (tertiary/aromatic N) is 2. The van der Waals surface area contributed by atoms with Crippen LogP contribution >= 0.6 is 0 Å². The van der Waals surface area contributed by atoms with Crippen LogP contribution < -0.4 is 26.2 Å². The fourth-order valence-corrected chi connectivity index (χ4v) is 11.4. The monoisotopic (exact) mass is 754 g/mol. The van der Waals surface area contributed by atoms with Crippen molar-refractivity contribution in [1.29, 1.82) is 0 Å². The van der Waals surface area contributed by atoms with Gasteiger partial charge in [0, 0.05) is 48.3 Å². The molecule has 2 saturated heterocycles. The Labute approximate surface area is 344 Å². The molecule has 0 spiro atoms. The highest BCUT2D eigenvalue weighted by molar-refractivity contribution is 6.99. The highest BCUT2D eigenvalue weighted by Gasteiger charge is 2.33. The lowest BCUT2D eigenvalue weighted by Gasteiger charge is -2.30. The summed E-state index contributed by atoms with van der Waals surface area (Å²) in [6.07, 6.45) is 5.11. The molecule has 0 amide bonds. The molecule has 58 heavy (non-hydrogen) atoms. The van der Waals surface area contributed by atoms with Gasteiger partial charge in [-0.25, -0.2) is 0 Å². The third-order valence-corrected chi connectivity index (χ3v) is 14.3. The van der Waals surface area contributed by atoms with Crippen LogP contribution in [0.2, 0.25) is 0 Å². The maximum Gasteiger partial charge on any atom is 0.243 e. The fourth-order valence-electron chi connectivity index (χ4n) is 11.4. The van der Waals surface area contributed by atoms with E-state index in [0.29, 0.717) is 17.8 Å². The lowest BCUT2D eigenvalue weighted by Crippen LogP contribution is -2.55. The zero-order valence-corrected chi connectivity index (χ0v) is 35.3. The van der Waals surface area contributed by atoms with E-state index in [4.69, 9.17) is 0 Å². The summed E-state index contributed by atoms with van der Waals surface area (Å²) in [5.41, 5.74) is 11.6. The minimum absolute atomic E-state index is 0.0428. The molecule has 2 aliphatic rings. The van der Waals surface area contributed by atoms with Gasteiger partial charge in [0.05, 0.1) is 0 Å². The molecule has 0 atom stereocenters. The first-order valence-corrected chi connectivity index (χ1v) is 22.3. The molecule has 0 bridgehead atoms. The normalized spacial score (nSPS) is 15.3. The number of anilines is 2. The Morgan fingerprint density at radius 1 is 0.397 bits per heavy atom. The molecule has 3 heteroatoms. The minimum atomic E-state index is 0.0428. The Morgan fingerprint density at radius 2 is 0.741 bits per heavy atom. The molecule has 0 radical (unpaired) electrons. The predicted octanol–water partition coefficient (Wildman–Crippen LogP) is 12.6. The zero-order valence-electron chi connectivity index (χ0n) is 35.3. The first-order valence-electron chi connectivity index (χ1n) is 22.3. The van der Waals surface area contributed by atoms with Crippen molar-refractivity contribution in [3.63, 3.8) is 0 Å². The second-order valence-electron chi connectivity index (χ2n) is 18.7. The Balaban J connectivity index is 1.26. The van der Waals surface area contributed by atoms with Gasteiger partial charge in [0.25, 0.3) is 0 Å². The maximum absolute atomic E-state index is 2.62. The molecule has 11 rings (SSSR count). The van der Waals surface area contributed by atoms with Gasteiger partial charge in [-0.05, 0) is 126 Å². The average Bonchev–Trinajstić information content (AvgIpc) is 3.98. The van der Waals surface area contributed by atoms with Crippen LogP contribution in [0.15, 0.2) is 109 Å². The summed E-state index contributed by atoms with van der Waals surface area (Å²) in [7, 11) is 0. The quantitative estimate of drug-likeness (QED) is 0.113. The van der Waals surface area contributed by atoms with E-state index in [1.165, 1.54) is 135 Å². The Kier molecular flexibility index (Phi) is 8.44. The number of rotatable bonds is 8. The molecular formula is C55H55BN2. The zero-order chi connectivity index (χ0) is 39.4. The Bertz CT molecular complexity index is 2820. The molecule has 9 aromatic carbocycles. The van der Waals surface area contributed by atoms with Crippen LogP contribution in [0.5, 0.6) is 0 Å². The third kappa shape index (κ3) is 5.38. The summed E-state index contributed by atoms with van der Waals surface area (Å²) < 4.78 is 0. The van der Waals surface area contributed by atoms with Gasteiger partial charge in [0.15, 0.2) is 0 Å². The molecule has 288 valence electrons. The smallest absolute Gasteiger partial charge is 0.243 e. The van der Waals surface area contributed by atoms with E-state index in [0.717, 1.165) is 26.2 Å². The van der Waals surface area contributed by atoms with E-state index in [9.17, 15) is 0 Å². The number of benzene rings is 9. The SMILES string of the molecule is CC(C)c1cc(C(C)C)c(B(c2ccc3ccc4c(N5CCCC5)ccc5ccc2c3c54)c2ccc3ccc4c(N5CCCC5)ccc5ccc2c3c54)c(C(C)C)c1. The molecule has 2 nitrogen and oxygen atoms in total. The van der Waals surface area contributed by atoms with Crippen LogP contribution in [0.4, 0.5) is 11.4 Å². The average molecular weight is 755 g/mol. The van der Waals surface area contributed by atoms with Gasteiger partial charge in [-0.3, -0.25) is 0 Å². The molecule has 0 aliphatic carbocycles. The molecule has 0 N–H and O–H groups in total. The van der Waals surface area contributed by atoms with E-state index < -0.39 is 0 Å². The summed E-state index contributed by atoms with van der Waals surface area (Å²) >= 11 is 0. The van der Waals surface area contributed by atoms with Crippen LogP contribution in [0.3, 0.4) is 0 Å². The first-order chi connectivity index (χ1) is 28.3. The van der Waals surface area contributed by atoms with Gasteiger partial charge in [-0.1, -0.05) is 155 Å².